The molecular weight excluding hydrogens is 276 g/mol. The van der Waals surface area contributed by atoms with Crippen LogP contribution >= 0.6 is 0 Å². The summed E-state index contributed by atoms with van der Waals surface area (Å²) in [7, 11) is 1.56. The Bertz CT molecular complexity index is 437. The number of rotatable bonds is 5. The molecule has 2 heterocycles. The van der Waals surface area contributed by atoms with Gasteiger partial charge in [-0.3, -0.25) is 4.79 Å². The van der Waals surface area contributed by atoms with E-state index in [4.69, 9.17) is 14.2 Å². The van der Waals surface area contributed by atoms with Crippen molar-refractivity contribution < 1.29 is 24.1 Å². The molecule has 0 aromatic rings. The number of nitrogens with one attached hydrogen (secondary N) is 1. The molecule has 0 bridgehead atoms. The van der Waals surface area contributed by atoms with E-state index in [-0.39, 0.29) is 18.6 Å². The standard InChI is InChI=1S/C14H22N2O5/c1-8(2)20-12-10(7-17)21-14(13(12)19-4)16-6-5-11(18)15-9(16)3/h5-6,8,10,12-14,17H,3,7H2,1-2,4H3,(H,15,18)/t10-,12?,13+,14-/m1/s1. The van der Waals surface area contributed by atoms with Crippen LogP contribution in [-0.2, 0) is 19.0 Å². The Hall–Kier alpha value is -1.41. The molecule has 7 heteroatoms. The minimum absolute atomic E-state index is 0.0242. The van der Waals surface area contributed by atoms with Gasteiger partial charge in [-0.2, -0.15) is 0 Å². The van der Waals surface area contributed by atoms with Crippen LogP contribution in [0.3, 0.4) is 0 Å². The van der Waals surface area contributed by atoms with Gasteiger partial charge in [-0.25, -0.2) is 0 Å². The fourth-order valence-electron chi connectivity index (χ4n) is 2.53. The summed E-state index contributed by atoms with van der Waals surface area (Å²) in [5.41, 5.74) is 0. The molecule has 0 spiro atoms. The van der Waals surface area contributed by atoms with Gasteiger partial charge < -0.3 is 29.5 Å². The molecule has 2 aliphatic rings. The van der Waals surface area contributed by atoms with Crippen LogP contribution in [-0.4, -0.2) is 60.3 Å². The van der Waals surface area contributed by atoms with Gasteiger partial charge in [0.25, 0.3) is 5.91 Å². The number of methoxy groups -OCH3 is 1. The van der Waals surface area contributed by atoms with Crippen LogP contribution in [0.1, 0.15) is 13.8 Å². The lowest BCUT2D eigenvalue weighted by atomic mass is 10.1. The number of amides is 1. The Balaban J connectivity index is 2.21. The zero-order chi connectivity index (χ0) is 15.6. The molecule has 0 saturated carbocycles. The van der Waals surface area contributed by atoms with Gasteiger partial charge in [0.2, 0.25) is 0 Å². The molecule has 21 heavy (non-hydrogen) atoms. The van der Waals surface area contributed by atoms with Crippen molar-refractivity contribution in [3.63, 3.8) is 0 Å². The molecule has 2 N–H and O–H groups in total. The fourth-order valence-corrected chi connectivity index (χ4v) is 2.53. The zero-order valence-corrected chi connectivity index (χ0v) is 12.5. The van der Waals surface area contributed by atoms with Gasteiger partial charge in [0, 0.05) is 19.4 Å². The van der Waals surface area contributed by atoms with E-state index >= 15 is 0 Å². The summed E-state index contributed by atoms with van der Waals surface area (Å²) >= 11 is 0. The zero-order valence-electron chi connectivity index (χ0n) is 12.5. The molecule has 1 saturated heterocycles. The van der Waals surface area contributed by atoms with Crippen molar-refractivity contribution >= 4 is 5.91 Å². The fraction of sp³-hybridized carbons (Fsp3) is 0.643. The van der Waals surface area contributed by atoms with Crippen LogP contribution in [0.25, 0.3) is 0 Å². The summed E-state index contributed by atoms with van der Waals surface area (Å²) < 4.78 is 17.2. The van der Waals surface area contributed by atoms with Crippen molar-refractivity contribution in [2.45, 2.75) is 44.5 Å². The van der Waals surface area contributed by atoms with Crippen molar-refractivity contribution in [3.05, 3.63) is 24.7 Å². The smallest absolute Gasteiger partial charge is 0.250 e. The average Bonchev–Trinajstić information content (AvgIpc) is 2.75. The molecular formula is C14H22N2O5. The summed E-state index contributed by atoms with van der Waals surface area (Å²) in [6.07, 6.45) is 1.11. The largest absolute Gasteiger partial charge is 0.394 e. The van der Waals surface area contributed by atoms with Gasteiger partial charge >= 0.3 is 0 Å². The van der Waals surface area contributed by atoms with Gasteiger partial charge in [0.05, 0.1) is 12.7 Å². The number of hydrogen-bond acceptors (Lipinski definition) is 6. The van der Waals surface area contributed by atoms with Gasteiger partial charge in [-0.1, -0.05) is 6.58 Å². The molecule has 1 unspecified atom stereocenters. The summed E-state index contributed by atoms with van der Waals surface area (Å²) in [4.78, 5) is 13.0. The second-order valence-corrected chi connectivity index (χ2v) is 5.26. The summed E-state index contributed by atoms with van der Waals surface area (Å²) in [6, 6.07) is 0. The van der Waals surface area contributed by atoms with E-state index in [0.717, 1.165) is 0 Å². The summed E-state index contributed by atoms with van der Waals surface area (Å²) in [6.45, 7) is 7.45. The Kier molecular flexibility index (Phi) is 5.00. The van der Waals surface area contributed by atoms with Crippen molar-refractivity contribution in [2.75, 3.05) is 13.7 Å². The summed E-state index contributed by atoms with van der Waals surface area (Å²) in [5, 5.41) is 12.1. The first kappa shape index (κ1) is 16.0. The van der Waals surface area contributed by atoms with Crippen LogP contribution in [0.2, 0.25) is 0 Å². The number of aliphatic hydroxyl groups excluding tert-OH is 1. The molecule has 2 aliphatic heterocycles. The minimum atomic E-state index is -0.528. The van der Waals surface area contributed by atoms with Crippen molar-refractivity contribution in [3.8, 4) is 0 Å². The van der Waals surface area contributed by atoms with E-state index in [1.54, 1.807) is 18.2 Å². The molecule has 4 atom stereocenters. The van der Waals surface area contributed by atoms with Gasteiger partial charge in [0.15, 0.2) is 6.23 Å². The average molecular weight is 298 g/mol. The normalized spacial score (nSPS) is 32.9. The number of hydrogen-bond donors (Lipinski definition) is 2. The number of aliphatic hydroxyl groups is 1. The molecule has 0 radical (unpaired) electrons. The van der Waals surface area contributed by atoms with E-state index in [1.807, 2.05) is 13.8 Å². The number of nitrogens with zero attached hydrogens (tertiary/aromatic N) is 1. The third kappa shape index (κ3) is 3.26. The SMILES string of the molecule is C=C1NC(=O)C=CN1[C@@H]1O[C@H](CO)C(OC(C)C)[C@@H]1OC. The predicted octanol–water partition coefficient (Wildman–Crippen LogP) is -0.0711. The second kappa shape index (κ2) is 6.57. The third-order valence-electron chi connectivity index (χ3n) is 3.41. The van der Waals surface area contributed by atoms with E-state index < -0.39 is 24.5 Å². The maximum atomic E-state index is 11.3. The molecule has 1 amide bonds. The number of carbonyl (C=O) groups excluding carboxylic acids is 1. The maximum Gasteiger partial charge on any atom is 0.250 e. The molecule has 1 fully saturated rings. The topological polar surface area (TPSA) is 80.3 Å². The highest BCUT2D eigenvalue weighted by Crippen LogP contribution is 2.31. The Morgan fingerprint density at radius 2 is 2.24 bits per heavy atom. The first-order valence-corrected chi connectivity index (χ1v) is 6.89. The van der Waals surface area contributed by atoms with Crippen LogP contribution in [0, 0.1) is 0 Å². The predicted molar refractivity (Wildman–Crippen MR) is 74.8 cm³/mol. The highest BCUT2D eigenvalue weighted by Gasteiger charge is 2.48. The lowest BCUT2D eigenvalue weighted by Crippen LogP contribution is -2.48. The van der Waals surface area contributed by atoms with Gasteiger partial charge in [-0.15, -0.1) is 0 Å². The molecule has 0 aromatic heterocycles. The maximum absolute atomic E-state index is 11.3. The number of carbonyl (C=O) groups is 1. The second-order valence-electron chi connectivity index (χ2n) is 5.26. The Morgan fingerprint density at radius 3 is 2.76 bits per heavy atom. The Morgan fingerprint density at radius 1 is 1.52 bits per heavy atom. The van der Waals surface area contributed by atoms with Crippen LogP contribution in [0.5, 0.6) is 0 Å². The van der Waals surface area contributed by atoms with Gasteiger partial charge in [0.1, 0.15) is 24.1 Å². The van der Waals surface area contributed by atoms with Gasteiger partial charge in [-0.05, 0) is 13.8 Å². The number of ether oxygens (including phenoxy) is 3. The highest BCUT2D eigenvalue weighted by molar-refractivity contribution is 5.89. The third-order valence-corrected chi connectivity index (χ3v) is 3.41. The first-order chi connectivity index (χ1) is 9.97. The first-order valence-electron chi connectivity index (χ1n) is 6.89. The molecule has 7 nitrogen and oxygen atoms in total. The van der Waals surface area contributed by atoms with Crippen LogP contribution in [0.4, 0.5) is 0 Å². The van der Waals surface area contributed by atoms with E-state index in [2.05, 4.69) is 11.9 Å². The lowest BCUT2D eigenvalue weighted by molar-refractivity contribution is -0.118. The summed E-state index contributed by atoms with van der Waals surface area (Å²) in [5.74, 6) is 0.160. The lowest BCUT2D eigenvalue weighted by Gasteiger charge is -2.34. The molecule has 0 aliphatic carbocycles. The van der Waals surface area contributed by atoms with E-state index in [1.165, 1.54) is 6.08 Å². The quantitative estimate of drug-likeness (QED) is 0.739. The molecule has 118 valence electrons. The van der Waals surface area contributed by atoms with Crippen molar-refractivity contribution in [1.82, 2.24) is 10.2 Å². The van der Waals surface area contributed by atoms with E-state index in [0.29, 0.717) is 5.82 Å². The molecule has 0 aromatic carbocycles. The van der Waals surface area contributed by atoms with Crippen LogP contribution in [0.15, 0.2) is 24.7 Å². The monoisotopic (exact) mass is 298 g/mol. The van der Waals surface area contributed by atoms with E-state index in [9.17, 15) is 9.90 Å². The van der Waals surface area contributed by atoms with Crippen molar-refractivity contribution in [2.24, 2.45) is 0 Å². The Labute approximate surface area is 124 Å². The minimum Gasteiger partial charge on any atom is -0.394 e. The molecule has 2 rings (SSSR count). The highest BCUT2D eigenvalue weighted by atomic mass is 16.6. The van der Waals surface area contributed by atoms with Crippen molar-refractivity contribution in [1.29, 1.82) is 0 Å². The van der Waals surface area contributed by atoms with Crippen LogP contribution < -0.4 is 5.32 Å².